The summed E-state index contributed by atoms with van der Waals surface area (Å²) in [7, 11) is 0. The summed E-state index contributed by atoms with van der Waals surface area (Å²) in [5.41, 5.74) is 0.711. The van der Waals surface area contributed by atoms with Crippen LogP contribution in [-0.2, 0) is 0 Å². The molecule has 1 aromatic carbocycles. The second-order valence-corrected chi connectivity index (χ2v) is 5.67. The van der Waals surface area contributed by atoms with E-state index < -0.39 is 18.8 Å². The molecular formula is C14H19BrF3NO. The molecule has 0 spiro atoms. The van der Waals surface area contributed by atoms with Crippen LogP contribution in [0.1, 0.15) is 31.4 Å². The predicted octanol–water partition coefficient (Wildman–Crippen LogP) is 4.15. The number of alkyl halides is 3. The summed E-state index contributed by atoms with van der Waals surface area (Å²) in [5.74, 6) is 0. The molecule has 0 amide bonds. The molecular weight excluding hydrogens is 335 g/mol. The van der Waals surface area contributed by atoms with Gasteiger partial charge < -0.3 is 5.11 Å². The number of aliphatic hydroxyl groups is 1. The van der Waals surface area contributed by atoms with Crippen LogP contribution in [0.4, 0.5) is 13.2 Å². The molecule has 0 aliphatic carbocycles. The van der Waals surface area contributed by atoms with Crippen LogP contribution < -0.4 is 0 Å². The third kappa shape index (κ3) is 6.72. The van der Waals surface area contributed by atoms with Crippen molar-refractivity contribution in [2.45, 2.75) is 32.0 Å². The molecule has 0 aliphatic rings. The molecule has 0 aromatic heterocycles. The molecule has 6 heteroatoms. The third-order valence-corrected chi connectivity index (χ3v) is 3.39. The Balaban J connectivity index is 2.54. The lowest BCUT2D eigenvalue weighted by Gasteiger charge is -2.24. The molecule has 0 radical (unpaired) electrons. The first kappa shape index (κ1) is 17.5. The number of nitrogens with zero attached hydrogens (tertiary/aromatic N) is 1. The van der Waals surface area contributed by atoms with Crippen molar-refractivity contribution in [2.75, 3.05) is 19.6 Å². The van der Waals surface area contributed by atoms with Crippen molar-refractivity contribution in [1.29, 1.82) is 0 Å². The van der Waals surface area contributed by atoms with Crippen LogP contribution >= 0.6 is 15.9 Å². The number of aliphatic hydroxyl groups excluding tert-OH is 1. The average molecular weight is 354 g/mol. The van der Waals surface area contributed by atoms with E-state index in [1.54, 1.807) is 18.2 Å². The first-order chi connectivity index (χ1) is 9.31. The van der Waals surface area contributed by atoms with Gasteiger partial charge in [-0.2, -0.15) is 13.2 Å². The van der Waals surface area contributed by atoms with Crippen LogP contribution in [0.5, 0.6) is 0 Å². The van der Waals surface area contributed by atoms with Crippen molar-refractivity contribution in [3.8, 4) is 0 Å². The van der Waals surface area contributed by atoms with Gasteiger partial charge in [0, 0.05) is 11.0 Å². The molecule has 0 saturated heterocycles. The van der Waals surface area contributed by atoms with E-state index in [4.69, 9.17) is 0 Å². The third-order valence-electron chi connectivity index (χ3n) is 2.89. The van der Waals surface area contributed by atoms with Gasteiger partial charge in [-0.05, 0) is 37.1 Å². The Kier molecular flexibility index (Phi) is 6.99. The highest BCUT2D eigenvalue weighted by Crippen LogP contribution is 2.22. The number of hydrogen-bond acceptors (Lipinski definition) is 2. The van der Waals surface area contributed by atoms with Crippen molar-refractivity contribution >= 4 is 15.9 Å². The molecule has 0 fully saturated rings. The van der Waals surface area contributed by atoms with E-state index >= 15 is 0 Å². The van der Waals surface area contributed by atoms with Crippen molar-refractivity contribution in [2.24, 2.45) is 0 Å². The summed E-state index contributed by atoms with van der Waals surface area (Å²) in [6.45, 7) is 1.52. The van der Waals surface area contributed by atoms with Gasteiger partial charge in [-0.15, -0.1) is 0 Å². The van der Waals surface area contributed by atoms with Crippen LogP contribution in [0.15, 0.2) is 28.7 Å². The lowest BCUT2D eigenvalue weighted by atomic mass is 10.1. The minimum atomic E-state index is -4.20. The molecule has 1 atom stereocenters. The van der Waals surface area contributed by atoms with E-state index in [0.717, 1.165) is 4.47 Å². The van der Waals surface area contributed by atoms with Gasteiger partial charge in [0.15, 0.2) is 0 Å². The molecule has 1 N–H and O–H groups in total. The second kappa shape index (κ2) is 8.00. The smallest absolute Gasteiger partial charge is 0.388 e. The Labute approximate surface area is 125 Å². The van der Waals surface area contributed by atoms with Crippen LogP contribution in [0.25, 0.3) is 0 Å². The Morgan fingerprint density at radius 3 is 2.55 bits per heavy atom. The number of rotatable bonds is 7. The summed E-state index contributed by atoms with van der Waals surface area (Å²) in [6.07, 6.45) is -4.01. The van der Waals surface area contributed by atoms with Crippen molar-refractivity contribution in [3.63, 3.8) is 0 Å². The molecule has 1 unspecified atom stereocenters. The number of benzene rings is 1. The maximum absolute atomic E-state index is 12.4. The Morgan fingerprint density at radius 1 is 1.30 bits per heavy atom. The summed E-state index contributed by atoms with van der Waals surface area (Å²) in [5, 5.41) is 10.0. The van der Waals surface area contributed by atoms with Gasteiger partial charge in [0.05, 0.1) is 12.6 Å². The number of hydrogen-bond donors (Lipinski definition) is 1. The van der Waals surface area contributed by atoms with Crippen LogP contribution in [-0.4, -0.2) is 35.8 Å². The molecule has 20 heavy (non-hydrogen) atoms. The fraction of sp³-hybridized carbons (Fsp3) is 0.571. The van der Waals surface area contributed by atoms with Gasteiger partial charge in [0.2, 0.25) is 0 Å². The summed E-state index contributed by atoms with van der Waals surface area (Å²) >= 11 is 3.30. The maximum Gasteiger partial charge on any atom is 0.401 e. The van der Waals surface area contributed by atoms with E-state index in [0.29, 0.717) is 18.5 Å². The Morgan fingerprint density at radius 2 is 2.00 bits per heavy atom. The van der Waals surface area contributed by atoms with Gasteiger partial charge in [-0.1, -0.05) is 35.0 Å². The molecule has 0 bridgehead atoms. The topological polar surface area (TPSA) is 23.5 Å². The van der Waals surface area contributed by atoms with E-state index in [-0.39, 0.29) is 13.0 Å². The molecule has 2 nitrogen and oxygen atoms in total. The van der Waals surface area contributed by atoms with E-state index in [9.17, 15) is 18.3 Å². The fourth-order valence-corrected chi connectivity index (χ4v) is 2.44. The summed E-state index contributed by atoms with van der Waals surface area (Å²) in [4.78, 5) is 1.33. The standard InChI is InChI=1S/C14H19BrF3NO/c1-2-7-19(10-14(16,17)18)8-6-13(20)11-4-3-5-12(15)9-11/h3-5,9,13,20H,2,6-8,10H2,1H3. The molecule has 0 heterocycles. The summed E-state index contributed by atoms with van der Waals surface area (Å²) < 4.78 is 38.1. The predicted molar refractivity (Wildman–Crippen MR) is 76.5 cm³/mol. The van der Waals surface area contributed by atoms with Gasteiger partial charge in [-0.25, -0.2) is 0 Å². The lowest BCUT2D eigenvalue weighted by molar-refractivity contribution is -0.146. The number of halogens is 4. The average Bonchev–Trinajstić information content (AvgIpc) is 2.34. The molecule has 1 aromatic rings. The SMILES string of the molecule is CCCN(CCC(O)c1cccc(Br)c1)CC(F)(F)F. The highest BCUT2D eigenvalue weighted by molar-refractivity contribution is 9.10. The normalized spacial score (nSPS) is 13.8. The Hall–Kier alpha value is -0.590. The lowest BCUT2D eigenvalue weighted by Crippen LogP contribution is -2.36. The van der Waals surface area contributed by atoms with Crippen LogP contribution in [0.3, 0.4) is 0 Å². The highest BCUT2D eigenvalue weighted by Gasteiger charge is 2.30. The van der Waals surface area contributed by atoms with E-state index in [1.165, 1.54) is 4.90 Å². The second-order valence-electron chi connectivity index (χ2n) is 4.75. The minimum Gasteiger partial charge on any atom is -0.388 e. The van der Waals surface area contributed by atoms with Crippen LogP contribution in [0.2, 0.25) is 0 Å². The molecule has 1 rings (SSSR count). The largest absolute Gasteiger partial charge is 0.401 e. The minimum absolute atomic E-state index is 0.223. The van der Waals surface area contributed by atoms with Gasteiger partial charge in [0.25, 0.3) is 0 Å². The molecule has 0 aliphatic heterocycles. The zero-order valence-corrected chi connectivity index (χ0v) is 12.9. The van der Waals surface area contributed by atoms with Gasteiger partial charge >= 0.3 is 6.18 Å². The first-order valence-corrected chi connectivity index (χ1v) is 7.33. The van der Waals surface area contributed by atoms with E-state index in [1.807, 2.05) is 13.0 Å². The van der Waals surface area contributed by atoms with Crippen molar-refractivity contribution in [3.05, 3.63) is 34.3 Å². The van der Waals surface area contributed by atoms with Crippen molar-refractivity contribution in [1.82, 2.24) is 4.90 Å². The van der Waals surface area contributed by atoms with Gasteiger partial charge in [0.1, 0.15) is 0 Å². The molecule has 114 valence electrons. The van der Waals surface area contributed by atoms with Crippen LogP contribution in [0, 0.1) is 0 Å². The maximum atomic E-state index is 12.4. The monoisotopic (exact) mass is 353 g/mol. The van der Waals surface area contributed by atoms with Gasteiger partial charge in [-0.3, -0.25) is 4.90 Å². The first-order valence-electron chi connectivity index (χ1n) is 6.54. The zero-order chi connectivity index (χ0) is 15.2. The summed E-state index contributed by atoms with van der Waals surface area (Å²) in [6, 6.07) is 7.17. The zero-order valence-electron chi connectivity index (χ0n) is 11.3. The van der Waals surface area contributed by atoms with Crippen molar-refractivity contribution < 1.29 is 18.3 Å². The molecule has 0 saturated carbocycles. The highest BCUT2D eigenvalue weighted by atomic mass is 79.9. The van der Waals surface area contributed by atoms with E-state index in [2.05, 4.69) is 15.9 Å². The fourth-order valence-electron chi connectivity index (χ4n) is 2.03. The Bertz CT molecular complexity index is 412. The quantitative estimate of drug-likeness (QED) is 0.795.